The largest absolute Gasteiger partial charge is 0.495 e. The number of halogens is 2. The van der Waals surface area contributed by atoms with Gasteiger partial charge in [-0.2, -0.15) is 8.78 Å². The number of ether oxygens (including phenoxy) is 2. The van der Waals surface area contributed by atoms with E-state index in [0.29, 0.717) is 23.7 Å². The van der Waals surface area contributed by atoms with Gasteiger partial charge in [-0.15, -0.1) is 0 Å². The average molecular weight is 407 g/mol. The van der Waals surface area contributed by atoms with Crippen molar-refractivity contribution in [2.45, 2.75) is 20.1 Å². The summed E-state index contributed by atoms with van der Waals surface area (Å²) in [6.45, 7) is -0.953. The Hall–Kier alpha value is -3.20. The predicted molar refractivity (Wildman–Crippen MR) is 105 cm³/mol. The van der Waals surface area contributed by atoms with E-state index in [1.54, 1.807) is 42.3 Å². The van der Waals surface area contributed by atoms with Gasteiger partial charge in [-0.25, -0.2) is 0 Å². The normalized spacial score (nSPS) is 10.7. The zero-order chi connectivity index (χ0) is 21.4. The number of carbonyl (C=O) groups is 2. The first-order chi connectivity index (χ1) is 13.8. The molecule has 0 unspecified atom stereocenters. The zero-order valence-electron chi connectivity index (χ0n) is 16.4. The fourth-order valence-corrected chi connectivity index (χ4v) is 2.67. The summed E-state index contributed by atoms with van der Waals surface area (Å²) in [6, 6.07) is 11.1. The predicted octanol–water partition coefficient (Wildman–Crippen LogP) is 3.33. The fourth-order valence-electron chi connectivity index (χ4n) is 2.67. The Morgan fingerprint density at radius 3 is 2.38 bits per heavy atom. The van der Waals surface area contributed by atoms with E-state index in [0.717, 1.165) is 5.56 Å². The molecule has 0 atom stereocenters. The van der Waals surface area contributed by atoms with E-state index in [1.165, 1.54) is 26.2 Å². The minimum atomic E-state index is -2.87. The molecule has 7 nitrogen and oxygen atoms in total. The van der Waals surface area contributed by atoms with Crippen LogP contribution in [-0.4, -0.2) is 44.0 Å². The van der Waals surface area contributed by atoms with Crippen LogP contribution in [0.3, 0.4) is 0 Å². The first-order valence-corrected chi connectivity index (χ1v) is 8.74. The van der Waals surface area contributed by atoms with Gasteiger partial charge in [0.25, 0.3) is 0 Å². The summed E-state index contributed by atoms with van der Waals surface area (Å²) in [5, 5.41) is 5.41. The van der Waals surface area contributed by atoms with Crippen LogP contribution in [-0.2, 0) is 16.1 Å². The number of nitrogens with zero attached hydrogens (tertiary/aromatic N) is 1. The number of carbonyl (C=O) groups excluding carboxylic acids is 2. The molecule has 29 heavy (non-hydrogen) atoms. The van der Waals surface area contributed by atoms with E-state index >= 15 is 0 Å². The van der Waals surface area contributed by atoms with Crippen LogP contribution in [0.2, 0.25) is 0 Å². The highest BCUT2D eigenvalue weighted by atomic mass is 19.3. The smallest absolute Gasteiger partial charge is 0.387 e. The molecule has 0 fully saturated rings. The van der Waals surface area contributed by atoms with Gasteiger partial charge in [-0.3, -0.25) is 14.5 Å². The summed E-state index contributed by atoms with van der Waals surface area (Å²) in [4.78, 5) is 25.4. The van der Waals surface area contributed by atoms with Crippen LogP contribution in [0, 0.1) is 0 Å². The minimum absolute atomic E-state index is 0.0790. The summed E-state index contributed by atoms with van der Waals surface area (Å²) in [5.41, 5.74) is 1.81. The molecule has 156 valence electrons. The molecule has 2 amide bonds. The molecule has 0 aliphatic heterocycles. The van der Waals surface area contributed by atoms with Gasteiger partial charge in [0.05, 0.1) is 19.3 Å². The minimum Gasteiger partial charge on any atom is -0.495 e. The molecule has 2 rings (SSSR count). The number of likely N-dealkylation sites (N-methyl/N-ethyl adjacent to an activating group) is 1. The summed E-state index contributed by atoms with van der Waals surface area (Å²) >= 11 is 0. The van der Waals surface area contributed by atoms with Crippen molar-refractivity contribution in [1.82, 2.24) is 4.90 Å². The summed E-state index contributed by atoms with van der Waals surface area (Å²) in [6.07, 6.45) is 0. The maximum atomic E-state index is 12.4. The highest BCUT2D eigenvalue weighted by Gasteiger charge is 2.12. The van der Waals surface area contributed by atoms with Gasteiger partial charge >= 0.3 is 6.61 Å². The number of alkyl halides is 2. The van der Waals surface area contributed by atoms with E-state index in [4.69, 9.17) is 4.74 Å². The van der Waals surface area contributed by atoms with Crippen molar-refractivity contribution in [2.75, 3.05) is 31.3 Å². The molecule has 2 aromatic carbocycles. The Balaban J connectivity index is 1.95. The van der Waals surface area contributed by atoms with Gasteiger partial charge in [0, 0.05) is 19.2 Å². The SMILES string of the molecule is COc1ccc(NC(C)=O)cc1NC(=O)CN(C)Cc1ccc(OC(F)F)cc1. The molecule has 0 aliphatic rings. The lowest BCUT2D eigenvalue weighted by Gasteiger charge is -2.18. The Morgan fingerprint density at radius 1 is 1.10 bits per heavy atom. The van der Waals surface area contributed by atoms with Crippen LogP contribution in [0.1, 0.15) is 12.5 Å². The standard InChI is InChI=1S/C20H23F2N3O4/c1-13(26)23-15-6-9-18(28-3)17(10-15)24-19(27)12-25(2)11-14-4-7-16(8-5-14)29-20(21)22/h4-10,20H,11-12H2,1-3H3,(H,23,26)(H,24,27). The Bertz CT molecular complexity index is 844. The second-order valence-electron chi connectivity index (χ2n) is 6.34. The number of rotatable bonds is 9. The van der Waals surface area contributed by atoms with E-state index in [9.17, 15) is 18.4 Å². The summed E-state index contributed by atoms with van der Waals surface area (Å²) in [5.74, 6) is 0.0422. The van der Waals surface area contributed by atoms with Crippen molar-refractivity contribution in [3.63, 3.8) is 0 Å². The maximum Gasteiger partial charge on any atom is 0.387 e. The molecule has 2 aromatic rings. The molecule has 0 aromatic heterocycles. The second-order valence-corrected chi connectivity index (χ2v) is 6.34. The zero-order valence-corrected chi connectivity index (χ0v) is 16.4. The van der Waals surface area contributed by atoms with Gasteiger partial charge in [0.15, 0.2) is 0 Å². The first kappa shape index (κ1) is 22.1. The van der Waals surface area contributed by atoms with Crippen molar-refractivity contribution >= 4 is 23.2 Å². The molecule has 0 saturated heterocycles. The summed E-state index contributed by atoms with van der Waals surface area (Å²) < 4.78 is 33.9. The molecule has 0 aliphatic carbocycles. The summed E-state index contributed by atoms with van der Waals surface area (Å²) in [7, 11) is 3.24. The van der Waals surface area contributed by atoms with Crippen molar-refractivity contribution in [1.29, 1.82) is 0 Å². The Kier molecular flexibility index (Phi) is 7.90. The lowest BCUT2D eigenvalue weighted by Crippen LogP contribution is -2.30. The third kappa shape index (κ3) is 7.38. The lowest BCUT2D eigenvalue weighted by atomic mass is 10.2. The van der Waals surface area contributed by atoms with Crippen LogP contribution in [0.25, 0.3) is 0 Å². The number of methoxy groups -OCH3 is 1. The van der Waals surface area contributed by atoms with Crippen molar-refractivity contribution < 1.29 is 27.8 Å². The quantitative estimate of drug-likeness (QED) is 0.667. The van der Waals surface area contributed by atoms with Gasteiger partial charge < -0.3 is 20.1 Å². The van der Waals surface area contributed by atoms with Crippen LogP contribution >= 0.6 is 0 Å². The molecular weight excluding hydrogens is 384 g/mol. The van der Waals surface area contributed by atoms with Gasteiger partial charge in [-0.1, -0.05) is 12.1 Å². The number of anilines is 2. The average Bonchev–Trinajstić information content (AvgIpc) is 2.62. The number of nitrogens with one attached hydrogen (secondary N) is 2. The van der Waals surface area contributed by atoms with Gasteiger partial charge in [0.1, 0.15) is 11.5 Å². The number of benzene rings is 2. The maximum absolute atomic E-state index is 12.4. The highest BCUT2D eigenvalue weighted by Crippen LogP contribution is 2.28. The molecule has 0 heterocycles. The molecule has 0 bridgehead atoms. The molecule has 0 spiro atoms. The van der Waals surface area contributed by atoms with Gasteiger partial charge in [-0.05, 0) is 42.9 Å². The monoisotopic (exact) mass is 407 g/mol. The number of hydrogen-bond donors (Lipinski definition) is 2. The van der Waals surface area contributed by atoms with Crippen molar-refractivity contribution in [3.05, 3.63) is 48.0 Å². The van der Waals surface area contributed by atoms with E-state index in [1.807, 2.05) is 0 Å². The molecular formula is C20H23F2N3O4. The van der Waals surface area contributed by atoms with Crippen LogP contribution in [0.4, 0.5) is 20.2 Å². The lowest BCUT2D eigenvalue weighted by molar-refractivity contribution is -0.117. The first-order valence-electron chi connectivity index (χ1n) is 8.74. The Labute approximate surface area is 167 Å². The number of hydrogen-bond acceptors (Lipinski definition) is 5. The topological polar surface area (TPSA) is 79.9 Å². The molecule has 9 heteroatoms. The fraction of sp³-hybridized carbons (Fsp3) is 0.300. The molecule has 0 radical (unpaired) electrons. The van der Waals surface area contributed by atoms with E-state index < -0.39 is 6.61 Å². The Morgan fingerprint density at radius 2 is 1.79 bits per heavy atom. The van der Waals surface area contributed by atoms with E-state index in [-0.39, 0.29) is 24.1 Å². The van der Waals surface area contributed by atoms with Crippen molar-refractivity contribution in [2.24, 2.45) is 0 Å². The second kappa shape index (κ2) is 10.4. The molecule has 0 saturated carbocycles. The third-order valence-corrected chi connectivity index (χ3v) is 3.81. The molecule has 2 N–H and O–H groups in total. The van der Waals surface area contributed by atoms with E-state index in [2.05, 4.69) is 15.4 Å². The van der Waals surface area contributed by atoms with Crippen molar-refractivity contribution in [3.8, 4) is 11.5 Å². The third-order valence-electron chi connectivity index (χ3n) is 3.81. The van der Waals surface area contributed by atoms with Crippen LogP contribution in [0.5, 0.6) is 11.5 Å². The van der Waals surface area contributed by atoms with Gasteiger partial charge in [0.2, 0.25) is 11.8 Å². The number of amides is 2. The van der Waals surface area contributed by atoms with Crippen LogP contribution in [0.15, 0.2) is 42.5 Å². The highest BCUT2D eigenvalue weighted by molar-refractivity contribution is 5.95. The van der Waals surface area contributed by atoms with Crippen LogP contribution < -0.4 is 20.1 Å².